The lowest BCUT2D eigenvalue weighted by Crippen LogP contribution is -2.36. The quantitative estimate of drug-likeness (QED) is 0.619. The molecule has 0 aromatic heterocycles. The molecule has 0 aliphatic carbocycles. The first-order valence-electron chi connectivity index (χ1n) is 3.45. The van der Waals surface area contributed by atoms with Gasteiger partial charge in [-0.1, -0.05) is 20.8 Å². The predicted molar refractivity (Wildman–Crippen MR) is 41.0 cm³/mol. The summed E-state index contributed by atoms with van der Waals surface area (Å²) in [4.78, 5) is 10.3. The van der Waals surface area contributed by atoms with Gasteiger partial charge in [0.05, 0.1) is 6.61 Å². The van der Waals surface area contributed by atoms with Gasteiger partial charge in [0.15, 0.2) is 0 Å². The van der Waals surface area contributed by atoms with Crippen molar-refractivity contribution in [2.24, 2.45) is 11.1 Å². The molecule has 0 fully saturated rings. The van der Waals surface area contributed by atoms with Crippen LogP contribution in [0, 0.1) is 5.41 Å². The van der Waals surface area contributed by atoms with Crippen LogP contribution in [0.1, 0.15) is 20.8 Å². The molecule has 1 atom stereocenters. The molecule has 0 aromatic rings. The summed E-state index contributed by atoms with van der Waals surface area (Å²) in [6.07, 6.45) is -1.38. The van der Waals surface area contributed by atoms with Crippen molar-refractivity contribution < 1.29 is 14.6 Å². The largest absolute Gasteiger partial charge is 0.443 e. The number of ether oxygens (including phenoxy) is 1. The van der Waals surface area contributed by atoms with E-state index in [1.165, 1.54) is 0 Å². The minimum Gasteiger partial charge on any atom is -0.443 e. The molecule has 0 unspecified atom stereocenters. The van der Waals surface area contributed by atoms with Crippen LogP contribution in [-0.4, -0.2) is 23.9 Å². The summed E-state index contributed by atoms with van der Waals surface area (Å²) in [7, 11) is 0. The smallest absolute Gasteiger partial charge is 0.404 e. The lowest BCUT2D eigenvalue weighted by atomic mass is 9.89. The Balaban J connectivity index is 4.07. The van der Waals surface area contributed by atoms with Crippen molar-refractivity contribution in [3.8, 4) is 0 Å². The molecule has 0 aromatic carbocycles. The van der Waals surface area contributed by atoms with Crippen LogP contribution in [0.4, 0.5) is 4.79 Å². The molecule has 4 nitrogen and oxygen atoms in total. The van der Waals surface area contributed by atoms with Crippen LogP contribution >= 0.6 is 0 Å². The zero-order valence-corrected chi connectivity index (χ0v) is 7.13. The van der Waals surface area contributed by atoms with E-state index in [1.807, 2.05) is 20.8 Å². The number of carbonyl (C=O) groups is 1. The maximum atomic E-state index is 10.3. The fourth-order valence-electron chi connectivity index (χ4n) is 0.628. The summed E-state index contributed by atoms with van der Waals surface area (Å²) in [6, 6.07) is 0. The summed E-state index contributed by atoms with van der Waals surface area (Å²) in [5.41, 5.74) is 4.52. The second kappa shape index (κ2) is 3.57. The lowest BCUT2D eigenvalue weighted by molar-refractivity contribution is -0.00114. The van der Waals surface area contributed by atoms with Gasteiger partial charge in [-0.3, -0.25) is 0 Å². The number of rotatable bonds is 2. The third-order valence-corrected chi connectivity index (χ3v) is 1.39. The van der Waals surface area contributed by atoms with Crippen LogP contribution in [-0.2, 0) is 4.74 Å². The molecule has 0 heterocycles. The van der Waals surface area contributed by atoms with Crippen molar-refractivity contribution >= 4 is 6.09 Å². The van der Waals surface area contributed by atoms with Gasteiger partial charge in [0.2, 0.25) is 0 Å². The SMILES string of the molecule is CC(C)(C)[C@@H](CO)OC(N)=O. The summed E-state index contributed by atoms with van der Waals surface area (Å²) < 4.78 is 4.65. The second-order valence-corrected chi connectivity index (χ2v) is 3.47. The maximum Gasteiger partial charge on any atom is 0.404 e. The molecule has 3 N–H and O–H groups in total. The first kappa shape index (κ1) is 10.2. The van der Waals surface area contributed by atoms with Crippen molar-refractivity contribution in [3.05, 3.63) is 0 Å². The second-order valence-electron chi connectivity index (χ2n) is 3.47. The molecular formula is C7H15NO3. The predicted octanol–water partition coefficient (Wildman–Crippen LogP) is 0.489. The molecule has 0 rings (SSSR count). The minimum atomic E-state index is -0.848. The molecule has 11 heavy (non-hydrogen) atoms. The molecule has 1 amide bonds. The molecule has 0 aliphatic heterocycles. The van der Waals surface area contributed by atoms with E-state index in [-0.39, 0.29) is 12.0 Å². The van der Waals surface area contributed by atoms with Crippen LogP contribution in [0.25, 0.3) is 0 Å². The maximum absolute atomic E-state index is 10.3. The molecule has 0 spiro atoms. The van der Waals surface area contributed by atoms with Crippen LogP contribution in [0.15, 0.2) is 0 Å². The van der Waals surface area contributed by atoms with Gasteiger partial charge >= 0.3 is 6.09 Å². The van der Waals surface area contributed by atoms with Crippen molar-refractivity contribution in [2.75, 3.05) is 6.61 Å². The summed E-state index contributed by atoms with van der Waals surface area (Å²) >= 11 is 0. The third kappa shape index (κ3) is 3.83. The monoisotopic (exact) mass is 161 g/mol. The normalized spacial score (nSPS) is 14.2. The van der Waals surface area contributed by atoms with Crippen LogP contribution in [0.5, 0.6) is 0 Å². The van der Waals surface area contributed by atoms with Gasteiger partial charge in [-0.2, -0.15) is 0 Å². The summed E-state index contributed by atoms with van der Waals surface area (Å²) in [5.74, 6) is 0. The number of primary amides is 1. The first-order chi connectivity index (χ1) is 4.88. The van der Waals surface area contributed by atoms with E-state index < -0.39 is 12.2 Å². The topological polar surface area (TPSA) is 72.6 Å². The van der Waals surface area contributed by atoms with Crippen molar-refractivity contribution in [2.45, 2.75) is 26.9 Å². The average Bonchev–Trinajstić information content (AvgIpc) is 1.79. The number of hydrogen-bond acceptors (Lipinski definition) is 3. The van der Waals surface area contributed by atoms with Gasteiger partial charge in [0.1, 0.15) is 6.10 Å². The van der Waals surface area contributed by atoms with Gasteiger partial charge in [0.25, 0.3) is 0 Å². The van der Waals surface area contributed by atoms with Crippen LogP contribution in [0.3, 0.4) is 0 Å². The van der Waals surface area contributed by atoms with E-state index in [0.29, 0.717) is 0 Å². The van der Waals surface area contributed by atoms with Gasteiger partial charge in [0, 0.05) is 5.41 Å². The number of carbonyl (C=O) groups excluding carboxylic acids is 1. The Hall–Kier alpha value is -0.770. The van der Waals surface area contributed by atoms with E-state index in [0.717, 1.165) is 0 Å². The van der Waals surface area contributed by atoms with E-state index >= 15 is 0 Å². The summed E-state index contributed by atoms with van der Waals surface area (Å²) in [5, 5.41) is 8.78. The standard InChI is InChI=1S/C7H15NO3/c1-7(2,3)5(4-9)11-6(8)10/h5,9H,4H2,1-3H3,(H2,8,10)/t5-/m1/s1. The third-order valence-electron chi connectivity index (χ3n) is 1.39. The highest BCUT2D eigenvalue weighted by atomic mass is 16.6. The average molecular weight is 161 g/mol. The summed E-state index contributed by atoms with van der Waals surface area (Å²) in [6.45, 7) is 5.37. The highest BCUT2D eigenvalue weighted by molar-refractivity contribution is 5.64. The first-order valence-corrected chi connectivity index (χ1v) is 3.45. The Morgan fingerprint density at radius 1 is 1.64 bits per heavy atom. The fourth-order valence-corrected chi connectivity index (χ4v) is 0.628. The minimum absolute atomic E-state index is 0.202. The van der Waals surface area contributed by atoms with Crippen LogP contribution < -0.4 is 5.73 Å². The molecule has 0 aliphatic rings. The Morgan fingerprint density at radius 2 is 2.09 bits per heavy atom. The zero-order chi connectivity index (χ0) is 9.07. The molecule has 0 bridgehead atoms. The van der Waals surface area contributed by atoms with Crippen molar-refractivity contribution in [3.63, 3.8) is 0 Å². The van der Waals surface area contributed by atoms with Gasteiger partial charge < -0.3 is 15.6 Å². The molecule has 0 radical (unpaired) electrons. The lowest BCUT2D eigenvalue weighted by Gasteiger charge is -2.27. The molecule has 0 saturated carbocycles. The van der Waals surface area contributed by atoms with Crippen molar-refractivity contribution in [1.82, 2.24) is 0 Å². The van der Waals surface area contributed by atoms with Gasteiger partial charge in [-0.25, -0.2) is 4.79 Å². The van der Waals surface area contributed by atoms with Gasteiger partial charge in [-0.15, -0.1) is 0 Å². The molecule has 4 heteroatoms. The van der Waals surface area contributed by atoms with E-state index in [4.69, 9.17) is 10.8 Å². The molecular weight excluding hydrogens is 146 g/mol. The van der Waals surface area contributed by atoms with E-state index in [9.17, 15) is 4.79 Å². The molecule has 0 saturated heterocycles. The highest BCUT2D eigenvalue weighted by Crippen LogP contribution is 2.21. The van der Waals surface area contributed by atoms with Crippen molar-refractivity contribution in [1.29, 1.82) is 0 Å². The number of amides is 1. The Labute approximate surface area is 66.3 Å². The Morgan fingerprint density at radius 3 is 2.18 bits per heavy atom. The van der Waals surface area contributed by atoms with Gasteiger partial charge in [-0.05, 0) is 0 Å². The fraction of sp³-hybridized carbons (Fsp3) is 0.857. The van der Waals surface area contributed by atoms with E-state index in [2.05, 4.69) is 4.74 Å². The number of hydrogen-bond donors (Lipinski definition) is 2. The molecule has 66 valence electrons. The van der Waals surface area contributed by atoms with Crippen LogP contribution in [0.2, 0.25) is 0 Å². The Kier molecular flexibility index (Phi) is 3.32. The van der Waals surface area contributed by atoms with E-state index in [1.54, 1.807) is 0 Å². The number of nitrogens with two attached hydrogens (primary N) is 1. The number of aliphatic hydroxyl groups is 1. The zero-order valence-electron chi connectivity index (χ0n) is 7.13. The highest BCUT2D eigenvalue weighted by Gasteiger charge is 2.26. The number of aliphatic hydroxyl groups excluding tert-OH is 1. The Bertz CT molecular complexity index is 139.